The van der Waals surface area contributed by atoms with Crippen molar-refractivity contribution in [3.8, 4) is 0 Å². The van der Waals surface area contributed by atoms with Crippen LogP contribution in [0.4, 0.5) is 0 Å². The summed E-state index contributed by atoms with van der Waals surface area (Å²) in [5.41, 5.74) is -0.730. The minimum absolute atomic E-state index is 0.00148. The lowest BCUT2D eigenvalue weighted by molar-refractivity contribution is -0.237. The molecule has 4 aliphatic rings. The monoisotopic (exact) mass is 488 g/mol. The molecular weight excluding hydrogens is 444 g/mol. The molecule has 0 aromatic carbocycles. The Hall–Kier alpha value is -1.69. The van der Waals surface area contributed by atoms with Crippen LogP contribution >= 0.6 is 0 Å². The van der Waals surface area contributed by atoms with Crippen molar-refractivity contribution in [2.24, 2.45) is 34.0 Å². The number of fused-ring (bicyclic) bond motifs is 3. The van der Waals surface area contributed by atoms with E-state index in [1.165, 1.54) is 13.8 Å². The van der Waals surface area contributed by atoms with E-state index in [0.29, 0.717) is 30.8 Å². The van der Waals surface area contributed by atoms with Crippen LogP contribution in [0.25, 0.3) is 0 Å². The molecule has 196 valence electrons. The van der Waals surface area contributed by atoms with Crippen LogP contribution in [-0.2, 0) is 23.9 Å². The van der Waals surface area contributed by atoms with Crippen molar-refractivity contribution in [1.29, 1.82) is 0 Å². The topological polar surface area (TPSA) is 89.9 Å². The third-order valence-electron chi connectivity index (χ3n) is 10.3. The number of carbonyl (C=O) groups excluding carboxylic acids is 3. The maximum absolute atomic E-state index is 12.7. The maximum Gasteiger partial charge on any atom is 0.303 e. The number of hydrogen-bond acceptors (Lipinski definition) is 6. The highest BCUT2D eigenvalue weighted by molar-refractivity contribution is 5.96. The third-order valence-corrected chi connectivity index (χ3v) is 10.3. The Kier molecular flexibility index (Phi) is 6.56. The van der Waals surface area contributed by atoms with E-state index in [1.807, 2.05) is 0 Å². The lowest BCUT2D eigenvalue weighted by Gasteiger charge is -2.67. The molecule has 0 aromatic heterocycles. The molecule has 0 saturated heterocycles. The number of carbonyl (C=O) groups is 3. The summed E-state index contributed by atoms with van der Waals surface area (Å²) in [5, 5.41) is 12.2. The number of aliphatic hydroxyl groups is 1. The van der Waals surface area contributed by atoms with Crippen molar-refractivity contribution < 1.29 is 29.0 Å². The maximum atomic E-state index is 12.7. The summed E-state index contributed by atoms with van der Waals surface area (Å²) in [5.74, 6) is -0.472. The molecule has 0 unspecified atom stereocenters. The van der Waals surface area contributed by atoms with Gasteiger partial charge in [-0.1, -0.05) is 34.1 Å². The van der Waals surface area contributed by atoms with E-state index in [-0.39, 0.29) is 46.4 Å². The standard InChI is InChI=1S/C29H44O6/c1-17-13-22(34-18(2)30)20(14-21(17)32)29(33)12-9-24-27(6,16-29)15-23(35-19(3)31)25-26(4,5)10-8-11-28(24,25)7/h13,20,22-25,33H,8-12,14-16H2,1-7H3/t20-,22-,23-,24+,25+,27+,28-,29-/m1/s1. The van der Waals surface area contributed by atoms with Gasteiger partial charge in [-0.3, -0.25) is 14.4 Å². The minimum Gasteiger partial charge on any atom is -0.462 e. The van der Waals surface area contributed by atoms with E-state index in [1.54, 1.807) is 13.0 Å². The third kappa shape index (κ3) is 4.49. The summed E-state index contributed by atoms with van der Waals surface area (Å²) in [6.07, 6.45) is 7.10. The van der Waals surface area contributed by atoms with Crippen LogP contribution in [0.3, 0.4) is 0 Å². The van der Waals surface area contributed by atoms with Crippen molar-refractivity contribution >= 4 is 17.7 Å². The normalized spacial score (nSPS) is 45.0. The lowest BCUT2D eigenvalue weighted by Crippen LogP contribution is -2.65. The smallest absolute Gasteiger partial charge is 0.303 e. The average Bonchev–Trinajstić information content (AvgIpc) is 2.67. The average molecular weight is 489 g/mol. The Morgan fingerprint density at radius 3 is 2.31 bits per heavy atom. The second-order valence-corrected chi connectivity index (χ2v) is 13.4. The predicted molar refractivity (Wildman–Crippen MR) is 132 cm³/mol. The molecule has 0 aliphatic heterocycles. The van der Waals surface area contributed by atoms with E-state index >= 15 is 0 Å². The molecule has 1 N–H and O–H groups in total. The highest BCUT2D eigenvalue weighted by Crippen LogP contribution is 2.69. The van der Waals surface area contributed by atoms with Gasteiger partial charge in [0.1, 0.15) is 12.2 Å². The first-order valence-corrected chi connectivity index (χ1v) is 13.4. The van der Waals surface area contributed by atoms with Crippen LogP contribution < -0.4 is 0 Å². The molecule has 0 bridgehead atoms. The molecule has 6 nitrogen and oxygen atoms in total. The summed E-state index contributed by atoms with van der Waals surface area (Å²) in [4.78, 5) is 36.7. The van der Waals surface area contributed by atoms with Crippen LogP contribution in [0.5, 0.6) is 0 Å². The van der Waals surface area contributed by atoms with E-state index < -0.39 is 23.6 Å². The fourth-order valence-electron chi connectivity index (χ4n) is 9.39. The van der Waals surface area contributed by atoms with Crippen molar-refractivity contribution in [2.45, 2.75) is 118 Å². The zero-order valence-corrected chi connectivity index (χ0v) is 22.6. The number of Topliss-reactive ketones (excluding diaryl/α,β-unsaturated/α-hetero) is 1. The molecule has 3 saturated carbocycles. The second kappa shape index (κ2) is 8.71. The fraction of sp³-hybridized carbons (Fsp3) is 0.828. The van der Waals surface area contributed by atoms with E-state index in [2.05, 4.69) is 27.7 Å². The van der Waals surface area contributed by atoms with Gasteiger partial charge in [0.25, 0.3) is 0 Å². The first kappa shape index (κ1) is 26.4. The van der Waals surface area contributed by atoms with Crippen LogP contribution in [-0.4, -0.2) is 40.6 Å². The molecule has 35 heavy (non-hydrogen) atoms. The van der Waals surface area contributed by atoms with Gasteiger partial charge in [-0.15, -0.1) is 0 Å². The molecule has 4 rings (SSSR count). The quantitative estimate of drug-likeness (QED) is 0.552. The van der Waals surface area contributed by atoms with E-state index in [4.69, 9.17) is 9.47 Å². The van der Waals surface area contributed by atoms with Gasteiger partial charge >= 0.3 is 11.9 Å². The summed E-state index contributed by atoms with van der Waals surface area (Å²) in [6, 6.07) is 0. The summed E-state index contributed by atoms with van der Waals surface area (Å²) < 4.78 is 11.7. The number of rotatable bonds is 3. The Bertz CT molecular complexity index is 935. The first-order chi connectivity index (χ1) is 16.1. The molecular formula is C29H44O6. The number of ether oxygens (including phenoxy) is 2. The van der Waals surface area contributed by atoms with E-state index in [0.717, 1.165) is 25.7 Å². The van der Waals surface area contributed by atoms with Crippen LogP contribution in [0.1, 0.15) is 99.8 Å². The molecule has 0 radical (unpaired) electrons. The minimum atomic E-state index is -1.13. The molecule has 0 aromatic rings. The zero-order valence-electron chi connectivity index (χ0n) is 22.6. The van der Waals surface area contributed by atoms with Gasteiger partial charge < -0.3 is 14.6 Å². The van der Waals surface area contributed by atoms with Gasteiger partial charge in [0, 0.05) is 32.1 Å². The van der Waals surface area contributed by atoms with Gasteiger partial charge in [-0.2, -0.15) is 0 Å². The van der Waals surface area contributed by atoms with Crippen molar-refractivity contribution in [3.05, 3.63) is 11.6 Å². The molecule has 0 heterocycles. The molecule has 0 amide bonds. The Labute approximate surface area is 210 Å². The lowest BCUT2D eigenvalue weighted by atomic mass is 9.39. The van der Waals surface area contributed by atoms with Crippen LogP contribution in [0, 0.1) is 34.0 Å². The molecule has 4 aliphatic carbocycles. The molecule has 0 spiro atoms. The van der Waals surface area contributed by atoms with Gasteiger partial charge in [0.15, 0.2) is 5.78 Å². The Balaban J connectivity index is 1.71. The number of hydrogen-bond donors (Lipinski definition) is 1. The number of allylic oxidation sites excluding steroid dienone is 1. The molecule has 6 heteroatoms. The number of ketones is 1. The highest BCUT2D eigenvalue weighted by Gasteiger charge is 2.66. The van der Waals surface area contributed by atoms with Crippen molar-refractivity contribution in [2.75, 3.05) is 0 Å². The largest absolute Gasteiger partial charge is 0.462 e. The predicted octanol–water partition coefficient (Wildman–Crippen LogP) is 5.16. The second-order valence-electron chi connectivity index (χ2n) is 13.4. The van der Waals surface area contributed by atoms with Gasteiger partial charge in [0.05, 0.1) is 5.60 Å². The van der Waals surface area contributed by atoms with Crippen molar-refractivity contribution in [1.82, 2.24) is 0 Å². The summed E-state index contributed by atoms with van der Waals surface area (Å²) in [7, 11) is 0. The van der Waals surface area contributed by atoms with E-state index in [9.17, 15) is 19.5 Å². The highest BCUT2D eigenvalue weighted by atomic mass is 16.5. The SMILES string of the molecule is CC(=O)O[C@@H]1C=C(C)C(=O)C[C@H]1[C@@]1(O)CC[C@H]2[C@@](C)(C[C@@H](OC(C)=O)[C@H]3C(C)(C)CCC[C@@]32C)C1. The van der Waals surface area contributed by atoms with Crippen LogP contribution in [0.2, 0.25) is 0 Å². The first-order valence-electron chi connectivity index (χ1n) is 13.4. The van der Waals surface area contributed by atoms with Crippen LogP contribution in [0.15, 0.2) is 11.6 Å². The summed E-state index contributed by atoms with van der Waals surface area (Å²) >= 11 is 0. The Morgan fingerprint density at radius 2 is 1.69 bits per heavy atom. The summed E-state index contributed by atoms with van der Waals surface area (Å²) in [6.45, 7) is 13.9. The number of esters is 2. The Morgan fingerprint density at radius 1 is 1.03 bits per heavy atom. The molecule has 3 fully saturated rings. The van der Waals surface area contributed by atoms with Gasteiger partial charge in [-0.05, 0) is 79.3 Å². The molecule has 8 atom stereocenters. The van der Waals surface area contributed by atoms with Gasteiger partial charge in [-0.25, -0.2) is 0 Å². The van der Waals surface area contributed by atoms with Crippen molar-refractivity contribution in [3.63, 3.8) is 0 Å². The van der Waals surface area contributed by atoms with Gasteiger partial charge in [0.2, 0.25) is 0 Å². The fourth-order valence-corrected chi connectivity index (χ4v) is 9.39. The zero-order chi connectivity index (χ0) is 26.0.